The average molecular weight is 524 g/mol. The molecule has 2 atom stereocenters. The molecule has 3 aliphatic rings. The number of ether oxygens (including phenoxy) is 4. The van der Waals surface area contributed by atoms with Crippen LogP contribution in [0.4, 0.5) is 0 Å². The average Bonchev–Trinajstić information content (AvgIpc) is 3.33. The highest BCUT2D eigenvalue weighted by Crippen LogP contribution is 2.49. The smallest absolute Gasteiger partial charge is 0.336 e. The van der Waals surface area contributed by atoms with Crippen LogP contribution in [0.5, 0.6) is 17.2 Å². The fourth-order valence-corrected chi connectivity index (χ4v) is 5.47. The summed E-state index contributed by atoms with van der Waals surface area (Å²) in [4.78, 5) is 27.2. The summed E-state index contributed by atoms with van der Waals surface area (Å²) in [7, 11) is 1.63. The first-order chi connectivity index (χ1) is 17.8. The van der Waals surface area contributed by atoms with Crippen LogP contribution >= 0.6 is 11.6 Å². The van der Waals surface area contributed by atoms with Crippen LogP contribution in [0.25, 0.3) is 0 Å². The van der Waals surface area contributed by atoms with Crippen molar-refractivity contribution in [3.63, 3.8) is 0 Å². The van der Waals surface area contributed by atoms with Crippen molar-refractivity contribution in [2.45, 2.75) is 45.4 Å². The van der Waals surface area contributed by atoms with E-state index in [0.717, 1.165) is 17.0 Å². The molecule has 2 aromatic rings. The van der Waals surface area contributed by atoms with E-state index in [1.807, 2.05) is 45.0 Å². The van der Waals surface area contributed by atoms with Gasteiger partial charge in [-0.2, -0.15) is 0 Å². The van der Waals surface area contributed by atoms with E-state index < -0.39 is 11.9 Å². The van der Waals surface area contributed by atoms with Crippen molar-refractivity contribution in [3.05, 3.63) is 75.1 Å². The van der Waals surface area contributed by atoms with E-state index in [9.17, 15) is 9.59 Å². The molecule has 1 N–H and O–H groups in total. The van der Waals surface area contributed by atoms with Crippen molar-refractivity contribution < 1.29 is 28.5 Å². The van der Waals surface area contributed by atoms with E-state index in [0.29, 0.717) is 51.8 Å². The Hall–Kier alpha value is -3.45. The number of halogens is 1. The third-order valence-corrected chi connectivity index (χ3v) is 7.31. The predicted octanol–water partition coefficient (Wildman–Crippen LogP) is 5.64. The molecule has 194 valence electrons. The molecule has 1 aliphatic carbocycles. The Morgan fingerprint density at radius 1 is 1.14 bits per heavy atom. The van der Waals surface area contributed by atoms with E-state index in [-0.39, 0.29) is 31.0 Å². The van der Waals surface area contributed by atoms with Gasteiger partial charge in [0.15, 0.2) is 17.3 Å². The van der Waals surface area contributed by atoms with E-state index >= 15 is 0 Å². The Balaban J connectivity index is 1.58. The van der Waals surface area contributed by atoms with Crippen LogP contribution in [0.2, 0.25) is 5.02 Å². The Bertz CT molecular complexity index is 1310. The third-order valence-electron chi connectivity index (χ3n) is 6.99. The van der Waals surface area contributed by atoms with Crippen molar-refractivity contribution in [2.24, 2.45) is 5.92 Å². The summed E-state index contributed by atoms with van der Waals surface area (Å²) in [6.07, 6.45) is 0.941. The lowest BCUT2D eigenvalue weighted by molar-refractivity contribution is -0.140. The van der Waals surface area contributed by atoms with Gasteiger partial charge < -0.3 is 24.3 Å². The first kappa shape index (κ1) is 25.2. The maximum Gasteiger partial charge on any atom is 0.336 e. The number of rotatable bonds is 6. The summed E-state index contributed by atoms with van der Waals surface area (Å²) in [6.45, 7) is 6.16. The zero-order valence-electron chi connectivity index (χ0n) is 21.4. The molecular formula is C29H30ClNO6. The van der Waals surface area contributed by atoms with Crippen LogP contribution in [0, 0.1) is 5.92 Å². The molecule has 2 heterocycles. The van der Waals surface area contributed by atoms with Crippen molar-refractivity contribution >= 4 is 23.4 Å². The minimum atomic E-state index is -0.678. The van der Waals surface area contributed by atoms with Crippen LogP contribution in [0.15, 0.2) is 58.9 Å². The number of hydrogen-bond donors (Lipinski definition) is 1. The molecule has 0 unspecified atom stereocenters. The van der Waals surface area contributed by atoms with Crippen LogP contribution in [0.3, 0.4) is 0 Å². The maximum absolute atomic E-state index is 13.8. The van der Waals surface area contributed by atoms with Crippen LogP contribution < -0.4 is 19.5 Å². The first-order valence-corrected chi connectivity index (χ1v) is 12.8. The summed E-state index contributed by atoms with van der Waals surface area (Å²) in [5.74, 6) is 0.835. The van der Waals surface area contributed by atoms with E-state index in [2.05, 4.69) is 5.32 Å². The second-order valence-electron chi connectivity index (χ2n) is 10.0. The van der Waals surface area contributed by atoms with Crippen LogP contribution in [-0.2, 0) is 14.3 Å². The molecule has 2 aliphatic heterocycles. The lowest BCUT2D eigenvalue weighted by atomic mass is 9.71. The molecule has 2 aromatic carbocycles. The number of methoxy groups -OCH3 is 1. The zero-order valence-corrected chi connectivity index (χ0v) is 22.1. The van der Waals surface area contributed by atoms with Crippen LogP contribution in [0.1, 0.15) is 56.6 Å². The van der Waals surface area contributed by atoms with E-state index in [1.165, 1.54) is 0 Å². The van der Waals surface area contributed by atoms with Crippen LogP contribution in [-0.4, -0.2) is 32.3 Å². The number of carbonyl (C=O) groups excluding carboxylic acids is 2. The number of hydrogen-bond acceptors (Lipinski definition) is 7. The predicted molar refractivity (Wildman–Crippen MR) is 139 cm³/mol. The van der Waals surface area contributed by atoms with Gasteiger partial charge in [-0.3, -0.25) is 4.79 Å². The fraction of sp³-hybridized carbons (Fsp3) is 0.379. The van der Waals surface area contributed by atoms with Gasteiger partial charge in [0.25, 0.3) is 0 Å². The third kappa shape index (κ3) is 4.80. The van der Waals surface area contributed by atoms with Crippen molar-refractivity contribution in [3.8, 4) is 17.2 Å². The molecule has 5 rings (SSSR count). The van der Waals surface area contributed by atoms with Gasteiger partial charge >= 0.3 is 5.97 Å². The van der Waals surface area contributed by atoms with E-state index in [4.69, 9.17) is 30.5 Å². The number of dihydropyridines is 1. The second-order valence-corrected chi connectivity index (χ2v) is 10.4. The molecule has 7 nitrogen and oxygen atoms in total. The number of esters is 1. The number of ketones is 1. The molecule has 0 radical (unpaired) electrons. The summed E-state index contributed by atoms with van der Waals surface area (Å²) in [5, 5.41) is 3.77. The van der Waals surface area contributed by atoms with Crippen molar-refractivity contribution in [1.29, 1.82) is 0 Å². The number of allylic oxidation sites excluding steroid dienone is 3. The summed E-state index contributed by atoms with van der Waals surface area (Å²) in [5.41, 5.74) is 4.06. The zero-order chi connectivity index (χ0) is 26.3. The Morgan fingerprint density at radius 3 is 2.51 bits per heavy atom. The molecule has 0 aromatic heterocycles. The quantitative estimate of drug-likeness (QED) is 0.491. The van der Waals surface area contributed by atoms with Gasteiger partial charge in [0.2, 0.25) is 6.79 Å². The second kappa shape index (κ2) is 10.1. The highest BCUT2D eigenvalue weighted by molar-refractivity contribution is 6.32. The van der Waals surface area contributed by atoms with Gasteiger partial charge in [-0.1, -0.05) is 37.6 Å². The standard InChI is InChI=1S/C29H30ClNO6/c1-15(2)13-35-29(33)26-16(3)31-22-9-18(17-5-7-19(34-4)8-6-17)10-23(32)28(22)27(26)20-11-24-25(12-21(20)30)37-14-36-24/h5-8,11-12,15,18,27,31H,9-10,13-14H2,1-4H3/t18-,27-/m1/s1. The highest BCUT2D eigenvalue weighted by atomic mass is 35.5. The number of Topliss-reactive ketones (excluding diaryl/α,β-unsaturated/α-hetero) is 1. The van der Waals surface area contributed by atoms with Crippen molar-refractivity contribution in [1.82, 2.24) is 5.32 Å². The molecule has 0 bridgehead atoms. The molecule has 0 saturated heterocycles. The first-order valence-electron chi connectivity index (χ1n) is 12.4. The van der Waals surface area contributed by atoms with Gasteiger partial charge in [0.1, 0.15) is 5.75 Å². The van der Waals surface area contributed by atoms with Gasteiger partial charge in [-0.05, 0) is 54.5 Å². The lowest BCUT2D eigenvalue weighted by Gasteiger charge is -2.37. The van der Waals surface area contributed by atoms with Crippen molar-refractivity contribution in [2.75, 3.05) is 20.5 Å². The number of carbonyl (C=O) groups is 2. The number of fused-ring (bicyclic) bond motifs is 1. The SMILES string of the molecule is COc1ccc([C@H]2CC(=O)C3=C(C2)NC(C)=C(C(=O)OCC(C)C)[C@H]3c2cc3c(cc2Cl)OCO3)cc1. The molecule has 8 heteroatoms. The molecule has 0 spiro atoms. The number of benzene rings is 2. The van der Waals surface area contributed by atoms with Gasteiger partial charge in [-0.25, -0.2) is 4.79 Å². The molecule has 0 saturated carbocycles. The van der Waals surface area contributed by atoms with Gasteiger partial charge in [0.05, 0.1) is 19.3 Å². The minimum Gasteiger partial charge on any atom is -0.497 e. The lowest BCUT2D eigenvalue weighted by Crippen LogP contribution is -2.36. The fourth-order valence-electron chi connectivity index (χ4n) is 5.21. The van der Waals surface area contributed by atoms with Gasteiger partial charge in [-0.15, -0.1) is 0 Å². The Labute approximate surface area is 221 Å². The number of nitrogens with one attached hydrogen (secondary N) is 1. The summed E-state index contributed by atoms with van der Waals surface area (Å²) >= 11 is 6.74. The molecule has 0 amide bonds. The maximum atomic E-state index is 13.8. The monoisotopic (exact) mass is 523 g/mol. The largest absolute Gasteiger partial charge is 0.497 e. The Morgan fingerprint density at radius 2 is 1.84 bits per heavy atom. The summed E-state index contributed by atoms with van der Waals surface area (Å²) in [6, 6.07) is 11.3. The highest BCUT2D eigenvalue weighted by Gasteiger charge is 2.42. The summed E-state index contributed by atoms with van der Waals surface area (Å²) < 4.78 is 22.0. The minimum absolute atomic E-state index is 0.000209. The normalized spacial score (nSPS) is 20.6. The molecule has 37 heavy (non-hydrogen) atoms. The van der Waals surface area contributed by atoms with Gasteiger partial charge in [0, 0.05) is 40.4 Å². The van der Waals surface area contributed by atoms with E-state index in [1.54, 1.807) is 19.2 Å². The molecular weight excluding hydrogens is 494 g/mol. The topological polar surface area (TPSA) is 83.1 Å². The Kier molecular flexibility index (Phi) is 6.90. The molecule has 0 fully saturated rings.